The van der Waals surface area contributed by atoms with E-state index in [9.17, 15) is 22.4 Å². The Kier molecular flexibility index (Phi) is 12.9. The number of sulfonamides is 1. The zero-order valence-electron chi connectivity index (χ0n) is 26.9. The summed E-state index contributed by atoms with van der Waals surface area (Å²) in [7, 11) is -4.38. The first-order valence-electron chi connectivity index (χ1n) is 15.5. The zero-order chi connectivity index (χ0) is 34.8. The molecule has 48 heavy (non-hydrogen) atoms. The van der Waals surface area contributed by atoms with Crippen molar-refractivity contribution < 1.29 is 27.1 Å². The molecule has 2 atom stereocenters. The lowest BCUT2D eigenvalue weighted by Gasteiger charge is -2.34. The molecule has 0 bridgehead atoms. The Morgan fingerprint density at radius 1 is 0.917 bits per heavy atom. The third kappa shape index (κ3) is 9.49. The van der Waals surface area contributed by atoms with Crippen molar-refractivity contribution in [1.82, 2.24) is 10.2 Å². The maximum atomic E-state index is 14.6. The SMILES string of the molecule is CCOc1ccc(S(=O)(=O)N(CC(=O)N(Cc2ccc(Cl)cc2Cl)[C@@H](Cc2ccccc2)C(=O)N[C@H](C)CC)c2ccc(F)cc2)cc1. The average Bonchev–Trinajstić information content (AvgIpc) is 3.07. The fourth-order valence-corrected chi connectivity index (χ4v) is 6.85. The van der Waals surface area contributed by atoms with E-state index in [0.717, 1.165) is 22.0 Å². The molecule has 2 amide bonds. The Hall–Kier alpha value is -4.12. The Morgan fingerprint density at radius 3 is 2.19 bits per heavy atom. The van der Waals surface area contributed by atoms with Crippen LogP contribution in [0.2, 0.25) is 10.0 Å². The molecule has 0 heterocycles. The zero-order valence-corrected chi connectivity index (χ0v) is 29.2. The summed E-state index contributed by atoms with van der Waals surface area (Å²) in [4.78, 5) is 29.7. The quantitative estimate of drug-likeness (QED) is 0.140. The van der Waals surface area contributed by atoms with Gasteiger partial charge in [0.25, 0.3) is 10.0 Å². The highest BCUT2D eigenvalue weighted by molar-refractivity contribution is 7.92. The number of halogens is 3. The third-order valence-corrected chi connectivity index (χ3v) is 10.1. The number of carbonyl (C=O) groups is 2. The van der Waals surface area contributed by atoms with Gasteiger partial charge in [-0.25, -0.2) is 12.8 Å². The highest BCUT2D eigenvalue weighted by Crippen LogP contribution is 2.28. The molecule has 4 rings (SSSR count). The van der Waals surface area contributed by atoms with Crippen molar-refractivity contribution >= 4 is 50.7 Å². The van der Waals surface area contributed by atoms with Crippen LogP contribution in [0.25, 0.3) is 0 Å². The van der Waals surface area contributed by atoms with Crippen molar-refractivity contribution in [1.29, 1.82) is 0 Å². The molecule has 4 aromatic rings. The van der Waals surface area contributed by atoms with Gasteiger partial charge in [0.15, 0.2) is 0 Å². The Bertz CT molecular complexity index is 1790. The summed E-state index contributed by atoms with van der Waals surface area (Å²) < 4.78 is 48.7. The van der Waals surface area contributed by atoms with Gasteiger partial charge in [0.05, 0.1) is 17.2 Å². The van der Waals surface area contributed by atoms with E-state index in [1.165, 1.54) is 47.4 Å². The minimum absolute atomic E-state index is 0.0618. The fraction of sp³-hybridized carbons (Fsp3) is 0.278. The molecule has 0 saturated carbocycles. The predicted octanol–water partition coefficient (Wildman–Crippen LogP) is 7.28. The normalized spacial score (nSPS) is 12.5. The van der Waals surface area contributed by atoms with Gasteiger partial charge in [-0.15, -0.1) is 0 Å². The number of ether oxygens (including phenoxy) is 1. The molecular formula is C36H38Cl2FN3O5S. The van der Waals surface area contributed by atoms with Crippen LogP contribution in [0.3, 0.4) is 0 Å². The van der Waals surface area contributed by atoms with Crippen LogP contribution in [0.1, 0.15) is 38.3 Å². The van der Waals surface area contributed by atoms with Crippen molar-refractivity contribution in [3.8, 4) is 5.75 Å². The van der Waals surface area contributed by atoms with E-state index in [1.807, 2.05) is 51.1 Å². The van der Waals surface area contributed by atoms with Crippen molar-refractivity contribution in [2.45, 2.75) is 57.1 Å². The molecule has 12 heteroatoms. The second kappa shape index (κ2) is 16.8. The minimum Gasteiger partial charge on any atom is -0.494 e. The number of benzene rings is 4. The first-order chi connectivity index (χ1) is 22.9. The van der Waals surface area contributed by atoms with Crippen LogP contribution in [-0.4, -0.2) is 50.4 Å². The summed E-state index contributed by atoms with van der Waals surface area (Å²) in [5.41, 5.74) is 1.36. The van der Waals surface area contributed by atoms with E-state index in [2.05, 4.69) is 5.32 Å². The topological polar surface area (TPSA) is 96.0 Å². The lowest BCUT2D eigenvalue weighted by molar-refractivity contribution is -0.140. The van der Waals surface area contributed by atoms with Crippen molar-refractivity contribution in [3.63, 3.8) is 0 Å². The molecule has 0 unspecified atom stereocenters. The number of nitrogens with zero attached hydrogens (tertiary/aromatic N) is 2. The van der Waals surface area contributed by atoms with E-state index < -0.39 is 40.2 Å². The maximum absolute atomic E-state index is 14.6. The van der Waals surface area contributed by atoms with E-state index >= 15 is 0 Å². The number of amides is 2. The van der Waals surface area contributed by atoms with Gasteiger partial charge in [-0.05, 0) is 92.1 Å². The van der Waals surface area contributed by atoms with E-state index in [-0.39, 0.29) is 34.6 Å². The summed E-state index contributed by atoms with van der Waals surface area (Å²) in [6.45, 7) is 5.17. The Morgan fingerprint density at radius 2 is 1.58 bits per heavy atom. The molecule has 4 aromatic carbocycles. The van der Waals surface area contributed by atoms with Crippen LogP contribution < -0.4 is 14.4 Å². The highest BCUT2D eigenvalue weighted by atomic mass is 35.5. The molecule has 254 valence electrons. The van der Waals surface area contributed by atoms with E-state index in [0.29, 0.717) is 29.4 Å². The van der Waals surface area contributed by atoms with Gasteiger partial charge in [-0.1, -0.05) is 66.5 Å². The van der Waals surface area contributed by atoms with Gasteiger partial charge >= 0.3 is 0 Å². The number of rotatable bonds is 15. The molecule has 0 radical (unpaired) electrons. The van der Waals surface area contributed by atoms with Crippen LogP contribution in [0.15, 0.2) is 102 Å². The van der Waals surface area contributed by atoms with Gasteiger partial charge in [0.1, 0.15) is 24.2 Å². The summed E-state index contributed by atoms with van der Waals surface area (Å²) in [6.07, 6.45) is 0.793. The van der Waals surface area contributed by atoms with Crippen LogP contribution in [0, 0.1) is 5.82 Å². The second-order valence-corrected chi connectivity index (χ2v) is 13.9. The van der Waals surface area contributed by atoms with Crippen LogP contribution in [0.5, 0.6) is 5.75 Å². The Labute approximate surface area is 291 Å². The molecule has 0 spiro atoms. The summed E-state index contributed by atoms with van der Waals surface area (Å²) >= 11 is 12.7. The van der Waals surface area contributed by atoms with Crippen molar-refractivity contribution in [2.24, 2.45) is 0 Å². The van der Waals surface area contributed by atoms with Gasteiger partial charge in [-0.3, -0.25) is 13.9 Å². The molecule has 0 aliphatic rings. The fourth-order valence-electron chi connectivity index (χ4n) is 4.97. The van der Waals surface area contributed by atoms with Crippen molar-refractivity contribution in [2.75, 3.05) is 17.5 Å². The Balaban J connectivity index is 1.82. The number of hydrogen-bond donors (Lipinski definition) is 1. The van der Waals surface area contributed by atoms with Crippen LogP contribution >= 0.6 is 23.2 Å². The molecule has 8 nitrogen and oxygen atoms in total. The van der Waals surface area contributed by atoms with Crippen LogP contribution in [0.4, 0.5) is 10.1 Å². The lowest BCUT2D eigenvalue weighted by atomic mass is 10.0. The first kappa shape index (κ1) is 36.7. The number of carbonyl (C=O) groups excluding carboxylic acids is 2. The minimum atomic E-state index is -4.38. The molecule has 1 N–H and O–H groups in total. The molecule has 0 aliphatic carbocycles. The average molecular weight is 715 g/mol. The number of hydrogen-bond acceptors (Lipinski definition) is 5. The molecule has 0 aliphatic heterocycles. The summed E-state index contributed by atoms with van der Waals surface area (Å²) in [5, 5.41) is 3.65. The van der Waals surface area contributed by atoms with Crippen molar-refractivity contribution in [3.05, 3.63) is 124 Å². The van der Waals surface area contributed by atoms with E-state index in [1.54, 1.807) is 12.1 Å². The summed E-state index contributed by atoms with van der Waals surface area (Å²) in [6, 6.07) is 23.4. The predicted molar refractivity (Wildman–Crippen MR) is 187 cm³/mol. The smallest absolute Gasteiger partial charge is 0.264 e. The van der Waals surface area contributed by atoms with Gasteiger partial charge in [-0.2, -0.15) is 0 Å². The molecule has 0 fully saturated rings. The van der Waals surface area contributed by atoms with Gasteiger partial charge < -0.3 is 15.0 Å². The monoisotopic (exact) mass is 713 g/mol. The largest absolute Gasteiger partial charge is 0.494 e. The molecule has 0 saturated heterocycles. The number of anilines is 1. The van der Waals surface area contributed by atoms with Crippen LogP contribution in [-0.2, 0) is 32.6 Å². The highest BCUT2D eigenvalue weighted by Gasteiger charge is 2.35. The lowest BCUT2D eigenvalue weighted by Crippen LogP contribution is -2.54. The standard InChI is InChI=1S/C36H38Cl2FN3O5S/c1-4-25(3)40-36(44)34(21-26-9-7-6-8-10-26)41(23-27-11-12-28(37)22-33(27)38)35(43)24-42(30-15-13-29(39)14-16-30)48(45,46)32-19-17-31(18-20-32)47-5-2/h6-20,22,25,34H,4-5,21,23-24H2,1-3H3,(H,40,44)/t25-,34+/m1/s1. The second-order valence-electron chi connectivity index (χ2n) is 11.2. The van der Waals surface area contributed by atoms with E-state index in [4.69, 9.17) is 27.9 Å². The van der Waals surface area contributed by atoms with Gasteiger partial charge in [0.2, 0.25) is 11.8 Å². The maximum Gasteiger partial charge on any atom is 0.264 e. The van der Waals surface area contributed by atoms with Gasteiger partial charge in [0, 0.05) is 29.1 Å². The third-order valence-electron chi connectivity index (χ3n) is 7.74. The molecule has 0 aromatic heterocycles. The first-order valence-corrected chi connectivity index (χ1v) is 17.7. The number of nitrogens with one attached hydrogen (secondary N) is 1. The molecular weight excluding hydrogens is 676 g/mol. The summed E-state index contributed by atoms with van der Waals surface area (Å²) in [5.74, 6) is -1.19.